The predicted molar refractivity (Wildman–Crippen MR) is 79.3 cm³/mol. The van der Waals surface area contributed by atoms with E-state index in [1.807, 2.05) is 24.3 Å². The van der Waals surface area contributed by atoms with Gasteiger partial charge < -0.3 is 10.0 Å². The fourth-order valence-corrected chi connectivity index (χ4v) is 3.53. The Morgan fingerprint density at radius 2 is 2.00 bits per heavy atom. The predicted octanol–water partition coefficient (Wildman–Crippen LogP) is 1.75. The monoisotopic (exact) mass is 299 g/mol. The summed E-state index contributed by atoms with van der Waals surface area (Å²) in [4.78, 5) is 25.8. The van der Waals surface area contributed by atoms with Gasteiger partial charge in [-0.05, 0) is 30.7 Å². The maximum absolute atomic E-state index is 12.7. The van der Waals surface area contributed by atoms with Gasteiger partial charge >= 0.3 is 5.97 Å². The molecule has 2 aliphatic rings. The molecule has 4 rings (SSSR count). The van der Waals surface area contributed by atoms with Crippen molar-refractivity contribution < 1.29 is 14.7 Å². The molecule has 0 bridgehead atoms. The molecule has 2 aromatic rings. The van der Waals surface area contributed by atoms with Crippen LogP contribution in [0.15, 0.2) is 24.3 Å². The molecule has 1 saturated heterocycles. The van der Waals surface area contributed by atoms with Crippen LogP contribution in [0.2, 0.25) is 0 Å². The van der Waals surface area contributed by atoms with Crippen molar-refractivity contribution in [2.75, 3.05) is 13.1 Å². The number of aromatic amines is 1. The second kappa shape index (κ2) is 4.83. The molecular weight excluding hydrogens is 282 g/mol. The van der Waals surface area contributed by atoms with Crippen molar-refractivity contribution in [3.05, 3.63) is 30.0 Å². The number of nitrogens with one attached hydrogen (secondary N) is 1. The first-order valence-electron chi connectivity index (χ1n) is 7.60. The van der Waals surface area contributed by atoms with E-state index >= 15 is 0 Å². The highest BCUT2D eigenvalue weighted by molar-refractivity contribution is 6.04. The molecule has 2 atom stereocenters. The minimum absolute atomic E-state index is 0.0895. The number of carboxylic acid groups (broad SMARTS) is 1. The van der Waals surface area contributed by atoms with Crippen molar-refractivity contribution in [2.24, 2.45) is 17.8 Å². The highest BCUT2D eigenvalue weighted by Crippen LogP contribution is 2.44. The summed E-state index contributed by atoms with van der Waals surface area (Å²) in [7, 11) is 0. The first-order valence-corrected chi connectivity index (χ1v) is 7.60. The molecule has 6 nitrogen and oxygen atoms in total. The van der Waals surface area contributed by atoms with Crippen LogP contribution in [-0.4, -0.2) is 45.2 Å². The van der Waals surface area contributed by atoms with Gasteiger partial charge in [-0.3, -0.25) is 14.7 Å². The molecule has 1 aliphatic carbocycles. The number of likely N-dealkylation sites (tertiary alicyclic amines) is 1. The van der Waals surface area contributed by atoms with Gasteiger partial charge in [-0.2, -0.15) is 5.10 Å². The molecule has 2 heterocycles. The summed E-state index contributed by atoms with van der Waals surface area (Å²) >= 11 is 0. The number of nitrogens with zero attached hydrogens (tertiary/aromatic N) is 2. The number of H-pyrrole nitrogens is 1. The van der Waals surface area contributed by atoms with Gasteiger partial charge in [0.15, 0.2) is 5.69 Å². The molecule has 1 saturated carbocycles. The quantitative estimate of drug-likeness (QED) is 0.904. The second-order valence-corrected chi connectivity index (χ2v) is 6.27. The van der Waals surface area contributed by atoms with Crippen LogP contribution < -0.4 is 0 Å². The van der Waals surface area contributed by atoms with Gasteiger partial charge in [-0.15, -0.1) is 0 Å². The number of hydrogen-bond donors (Lipinski definition) is 2. The molecule has 1 aromatic heterocycles. The molecule has 0 spiro atoms. The number of carbonyl (C=O) groups is 2. The molecule has 114 valence electrons. The van der Waals surface area contributed by atoms with Crippen LogP contribution in [0.1, 0.15) is 23.3 Å². The normalized spacial score (nSPS) is 24.8. The first kappa shape index (κ1) is 13.3. The third-order valence-electron chi connectivity index (χ3n) is 4.87. The fourth-order valence-electron chi connectivity index (χ4n) is 3.53. The van der Waals surface area contributed by atoms with E-state index in [0.29, 0.717) is 18.2 Å². The topological polar surface area (TPSA) is 86.3 Å². The maximum atomic E-state index is 12.7. The molecule has 22 heavy (non-hydrogen) atoms. The Kier molecular flexibility index (Phi) is 2.92. The van der Waals surface area contributed by atoms with E-state index in [-0.39, 0.29) is 18.4 Å². The Labute approximate surface area is 127 Å². The molecule has 1 amide bonds. The molecule has 6 heteroatoms. The van der Waals surface area contributed by atoms with Crippen molar-refractivity contribution in [2.45, 2.75) is 12.8 Å². The van der Waals surface area contributed by atoms with Crippen molar-refractivity contribution in [1.82, 2.24) is 15.1 Å². The molecule has 1 aromatic carbocycles. The molecule has 0 unspecified atom stereocenters. The molecule has 2 fully saturated rings. The highest BCUT2D eigenvalue weighted by atomic mass is 16.4. The van der Waals surface area contributed by atoms with Crippen molar-refractivity contribution >= 4 is 22.8 Å². The summed E-state index contributed by atoms with van der Waals surface area (Å²) in [6, 6.07) is 7.48. The van der Waals surface area contributed by atoms with E-state index in [9.17, 15) is 14.7 Å². The summed E-state index contributed by atoms with van der Waals surface area (Å²) in [6.07, 6.45) is 2.17. The number of rotatable bonds is 3. The third kappa shape index (κ3) is 2.06. The van der Waals surface area contributed by atoms with E-state index in [1.165, 1.54) is 0 Å². The van der Waals surface area contributed by atoms with Gasteiger partial charge in [-0.25, -0.2) is 0 Å². The summed E-state index contributed by atoms with van der Waals surface area (Å²) in [5, 5.41) is 17.2. The largest absolute Gasteiger partial charge is 0.481 e. The summed E-state index contributed by atoms with van der Waals surface area (Å²) < 4.78 is 0. The molecule has 1 aliphatic heterocycles. The average Bonchev–Trinajstić information content (AvgIpc) is 3.12. The second-order valence-electron chi connectivity index (χ2n) is 6.27. The van der Waals surface area contributed by atoms with E-state index in [0.717, 1.165) is 23.7 Å². The molecule has 2 N–H and O–H groups in total. The summed E-state index contributed by atoms with van der Waals surface area (Å²) in [6.45, 7) is 0.818. The van der Waals surface area contributed by atoms with E-state index in [4.69, 9.17) is 0 Å². The lowest BCUT2D eigenvalue weighted by molar-refractivity contribution is -0.142. The number of fused-ring (bicyclic) bond motifs is 1. The highest BCUT2D eigenvalue weighted by Gasteiger charge is 2.47. The Bertz CT molecular complexity index is 750. The number of hydrogen-bond acceptors (Lipinski definition) is 3. The Balaban J connectivity index is 1.62. The van der Waals surface area contributed by atoms with Gasteiger partial charge in [0, 0.05) is 18.5 Å². The zero-order valence-electron chi connectivity index (χ0n) is 12.0. The van der Waals surface area contributed by atoms with E-state index in [1.54, 1.807) is 4.90 Å². The van der Waals surface area contributed by atoms with Gasteiger partial charge in [-0.1, -0.05) is 18.2 Å². The van der Waals surface area contributed by atoms with Crippen molar-refractivity contribution in [3.63, 3.8) is 0 Å². The van der Waals surface area contributed by atoms with Crippen LogP contribution in [0, 0.1) is 17.8 Å². The van der Waals surface area contributed by atoms with E-state index in [2.05, 4.69) is 10.2 Å². The standard InChI is InChI=1S/C16H17N3O3/c20-15(14-10-3-1-2-4-13(10)17-18-14)19-7-11(9-5-6-9)12(8-19)16(21)22/h1-4,9,11-12H,5-8H2,(H,17,18)(H,21,22)/t11-,12+/m1/s1. The van der Waals surface area contributed by atoms with Crippen LogP contribution in [0.25, 0.3) is 10.9 Å². The zero-order chi connectivity index (χ0) is 15.3. The van der Waals surface area contributed by atoms with Crippen LogP contribution >= 0.6 is 0 Å². The van der Waals surface area contributed by atoms with Crippen LogP contribution in [0.5, 0.6) is 0 Å². The van der Waals surface area contributed by atoms with Gasteiger partial charge in [0.2, 0.25) is 0 Å². The first-order chi connectivity index (χ1) is 10.6. The number of benzene rings is 1. The Hall–Kier alpha value is -2.37. The van der Waals surface area contributed by atoms with Gasteiger partial charge in [0.25, 0.3) is 5.91 Å². The van der Waals surface area contributed by atoms with Crippen molar-refractivity contribution in [1.29, 1.82) is 0 Å². The lowest BCUT2D eigenvalue weighted by Crippen LogP contribution is -2.30. The fraction of sp³-hybridized carbons (Fsp3) is 0.438. The number of para-hydroxylation sites is 1. The minimum Gasteiger partial charge on any atom is -0.481 e. The number of aliphatic carboxylic acids is 1. The maximum Gasteiger partial charge on any atom is 0.308 e. The van der Waals surface area contributed by atoms with Crippen LogP contribution in [0.4, 0.5) is 0 Å². The van der Waals surface area contributed by atoms with Crippen LogP contribution in [0.3, 0.4) is 0 Å². The average molecular weight is 299 g/mol. The molecule has 0 radical (unpaired) electrons. The Morgan fingerprint density at radius 1 is 1.23 bits per heavy atom. The number of carbonyl (C=O) groups excluding carboxylic acids is 1. The minimum atomic E-state index is -0.793. The lowest BCUT2D eigenvalue weighted by atomic mass is 9.92. The number of aromatic nitrogens is 2. The van der Waals surface area contributed by atoms with Crippen molar-refractivity contribution in [3.8, 4) is 0 Å². The SMILES string of the molecule is O=C(O)[C@H]1CN(C(=O)c2n[nH]c3ccccc23)C[C@@H]1C1CC1. The zero-order valence-corrected chi connectivity index (χ0v) is 12.0. The van der Waals surface area contributed by atoms with Crippen LogP contribution in [-0.2, 0) is 4.79 Å². The van der Waals surface area contributed by atoms with Gasteiger partial charge in [0.05, 0.1) is 11.4 Å². The Morgan fingerprint density at radius 3 is 2.73 bits per heavy atom. The third-order valence-corrected chi connectivity index (χ3v) is 4.87. The summed E-state index contributed by atoms with van der Waals surface area (Å²) in [5.74, 6) is -0.853. The lowest BCUT2D eigenvalue weighted by Gasteiger charge is -2.14. The number of carboxylic acids is 1. The number of amides is 1. The van der Waals surface area contributed by atoms with Gasteiger partial charge in [0.1, 0.15) is 0 Å². The summed E-state index contributed by atoms with van der Waals surface area (Å²) in [5.41, 5.74) is 1.20. The van der Waals surface area contributed by atoms with E-state index < -0.39 is 11.9 Å². The molecular formula is C16H17N3O3. The smallest absolute Gasteiger partial charge is 0.308 e.